The zero-order valence-corrected chi connectivity index (χ0v) is 55.7. The van der Waals surface area contributed by atoms with Crippen molar-refractivity contribution >= 4 is 65.2 Å². The molecule has 0 spiro atoms. The fourth-order valence-electron chi connectivity index (χ4n) is 8.86. The molecule has 84 heavy (non-hydrogen) atoms. The van der Waals surface area contributed by atoms with Gasteiger partial charge in [-0.1, -0.05) is 204 Å². The summed E-state index contributed by atoms with van der Waals surface area (Å²) in [4.78, 5) is 34.9. The van der Waals surface area contributed by atoms with E-state index < -0.39 is 0 Å². The molecule has 12 rings (SSSR count). The highest BCUT2D eigenvalue weighted by molar-refractivity contribution is 5.86. The molecule has 444 valence electrons. The van der Waals surface area contributed by atoms with Crippen LogP contribution in [0.5, 0.6) is 0 Å². The topological polar surface area (TPSA) is 103 Å². The standard InChI is InChI=1S/4C11H11N.2C10H10N2.6C2H6/c2*1-8-7-10-5-3-4-6-11(10)9(2)12-8;2*1-8-7-9(2)12-11-6-4-3-5-10(8)11;2*1-7-9-5-3-4-6-10(9)12-8(2)11-7;6*1-2/h4*3-7H,1-2H3;2*3-6H,1-2H3;6*1-2H3. The highest BCUT2D eigenvalue weighted by Gasteiger charge is 2.03. The van der Waals surface area contributed by atoms with Crippen LogP contribution in [-0.4, -0.2) is 39.9 Å². The third-order valence-electron chi connectivity index (χ3n) is 12.0. The second kappa shape index (κ2) is 40.8. The Morgan fingerprint density at radius 2 is 0.429 bits per heavy atom. The summed E-state index contributed by atoms with van der Waals surface area (Å²) < 4.78 is 0. The van der Waals surface area contributed by atoms with Gasteiger partial charge in [0.2, 0.25) is 0 Å². The molecular weight excluding hydrogens is 1020 g/mol. The molecule has 6 aromatic heterocycles. The predicted molar refractivity (Wildman–Crippen MR) is 371 cm³/mol. The lowest BCUT2D eigenvalue weighted by Crippen LogP contribution is -1.92. The summed E-state index contributed by atoms with van der Waals surface area (Å²) in [5, 5.41) is 9.86. The summed E-state index contributed by atoms with van der Waals surface area (Å²) in [6, 6.07) is 57.7. The van der Waals surface area contributed by atoms with Crippen molar-refractivity contribution in [3.63, 3.8) is 0 Å². The molecule has 0 bridgehead atoms. The van der Waals surface area contributed by atoms with Crippen LogP contribution in [-0.2, 0) is 0 Å². The third-order valence-corrected chi connectivity index (χ3v) is 12.0. The average Bonchev–Trinajstić information content (AvgIpc) is 3.68. The highest BCUT2D eigenvalue weighted by atomic mass is 14.9. The molecule has 0 radical (unpaired) electrons. The molecule has 12 aromatic rings. The number of benzene rings is 6. The summed E-state index contributed by atoms with van der Waals surface area (Å²) >= 11 is 0. The minimum atomic E-state index is 0.839. The van der Waals surface area contributed by atoms with Crippen molar-refractivity contribution in [2.45, 2.75) is 166 Å². The molecule has 0 fully saturated rings. The Bertz CT molecular complexity index is 3160. The minimum Gasteiger partial charge on any atom is -0.258 e. The zero-order valence-electron chi connectivity index (χ0n) is 55.7. The molecule has 0 aliphatic heterocycles. The average molecular weight is 1130 g/mol. The molecule has 0 aliphatic rings. The van der Waals surface area contributed by atoms with Crippen molar-refractivity contribution in [2.75, 3.05) is 0 Å². The smallest absolute Gasteiger partial charge is 0.126 e. The van der Waals surface area contributed by atoms with Crippen LogP contribution >= 0.6 is 0 Å². The van der Waals surface area contributed by atoms with E-state index >= 15 is 0 Å². The van der Waals surface area contributed by atoms with E-state index in [2.05, 4.69) is 152 Å². The van der Waals surface area contributed by atoms with Gasteiger partial charge in [0.05, 0.1) is 22.1 Å². The van der Waals surface area contributed by atoms with E-state index in [-0.39, 0.29) is 0 Å². The van der Waals surface area contributed by atoms with Crippen LogP contribution in [0.25, 0.3) is 65.2 Å². The molecule has 0 unspecified atom stereocenters. The molecule has 0 saturated heterocycles. The second-order valence-corrected chi connectivity index (χ2v) is 18.1. The van der Waals surface area contributed by atoms with Gasteiger partial charge in [-0.15, -0.1) is 0 Å². The van der Waals surface area contributed by atoms with E-state index in [1.807, 2.05) is 223 Å². The number of para-hydroxylation sites is 4. The van der Waals surface area contributed by atoms with Crippen LogP contribution in [0, 0.1) is 83.1 Å². The largest absolute Gasteiger partial charge is 0.258 e. The van der Waals surface area contributed by atoms with Gasteiger partial charge in [-0.25, -0.2) is 19.9 Å². The van der Waals surface area contributed by atoms with Gasteiger partial charge in [0.15, 0.2) is 0 Å². The molecule has 0 atom stereocenters. The van der Waals surface area contributed by atoms with E-state index in [0.29, 0.717) is 0 Å². The van der Waals surface area contributed by atoms with E-state index in [9.17, 15) is 0 Å². The second-order valence-electron chi connectivity index (χ2n) is 18.1. The Morgan fingerprint density at radius 3 is 0.738 bits per heavy atom. The van der Waals surface area contributed by atoms with Gasteiger partial charge < -0.3 is 0 Å². The summed E-state index contributed by atoms with van der Waals surface area (Å²) in [7, 11) is 0. The molecule has 0 N–H and O–H groups in total. The van der Waals surface area contributed by atoms with E-state index in [0.717, 1.165) is 90.0 Å². The van der Waals surface area contributed by atoms with Crippen molar-refractivity contribution in [3.8, 4) is 0 Å². The fraction of sp³-hybridized carbons (Fsp3) is 0.316. The Morgan fingerprint density at radius 1 is 0.202 bits per heavy atom. The van der Waals surface area contributed by atoms with Crippen molar-refractivity contribution < 1.29 is 0 Å². The van der Waals surface area contributed by atoms with Crippen molar-refractivity contribution in [1.29, 1.82) is 0 Å². The van der Waals surface area contributed by atoms with E-state index in [1.165, 1.54) is 43.4 Å². The number of nitrogens with zero attached hydrogens (tertiary/aromatic N) is 8. The van der Waals surface area contributed by atoms with E-state index in [4.69, 9.17) is 0 Å². The normalized spacial score (nSPS) is 9.43. The van der Waals surface area contributed by atoms with Crippen LogP contribution in [0.15, 0.2) is 170 Å². The number of aryl methyl sites for hydroxylation is 12. The maximum Gasteiger partial charge on any atom is 0.126 e. The van der Waals surface area contributed by atoms with Gasteiger partial charge in [-0.3, -0.25) is 19.9 Å². The third kappa shape index (κ3) is 23.1. The van der Waals surface area contributed by atoms with Gasteiger partial charge in [-0.05, 0) is 154 Å². The fourth-order valence-corrected chi connectivity index (χ4v) is 8.86. The lowest BCUT2D eigenvalue weighted by atomic mass is 10.1. The quantitative estimate of drug-likeness (QED) is 0.148. The summed E-state index contributed by atoms with van der Waals surface area (Å²) in [6.07, 6.45) is 0. The first kappa shape index (κ1) is 73.7. The first-order valence-electron chi connectivity index (χ1n) is 30.4. The zero-order chi connectivity index (χ0) is 63.3. The minimum absolute atomic E-state index is 0.839. The lowest BCUT2D eigenvalue weighted by Gasteiger charge is -2.01. The number of rotatable bonds is 0. The molecule has 0 amide bonds. The maximum atomic E-state index is 4.44. The molecule has 8 nitrogen and oxygen atoms in total. The van der Waals surface area contributed by atoms with Crippen LogP contribution < -0.4 is 0 Å². The number of aromatic nitrogens is 8. The van der Waals surface area contributed by atoms with Gasteiger partial charge >= 0.3 is 0 Å². The molecule has 6 aromatic carbocycles. The summed E-state index contributed by atoms with van der Waals surface area (Å²) in [6.45, 7) is 48.3. The molecule has 6 heterocycles. The van der Waals surface area contributed by atoms with Gasteiger partial charge in [0.1, 0.15) is 11.6 Å². The first-order chi connectivity index (χ1) is 40.6. The van der Waals surface area contributed by atoms with E-state index in [1.54, 1.807) is 0 Å². The number of fused-ring (bicyclic) bond motifs is 6. The van der Waals surface area contributed by atoms with Gasteiger partial charge in [-0.2, -0.15) is 0 Å². The SMILES string of the molecule is CC.CC.CC.CC.CC.CC.Cc1cc(C)c2ccccc2n1.Cc1cc(C)c2ccccc2n1.Cc1cc2ccccc2c(C)n1.Cc1cc2ccccc2c(C)n1.Cc1nc(C)c2ccccc2n1.Cc1nc(C)c2ccccc2n1. The summed E-state index contributed by atoms with van der Waals surface area (Å²) in [5.74, 6) is 1.68. The van der Waals surface area contributed by atoms with Gasteiger partial charge in [0, 0.05) is 77.9 Å². The lowest BCUT2D eigenvalue weighted by molar-refractivity contribution is 1.05. The molecule has 0 aliphatic carbocycles. The van der Waals surface area contributed by atoms with Crippen molar-refractivity contribution in [1.82, 2.24) is 39.9 Å². The summed E-state index contributed by atoms with van der Waals surface area (Å²) in [5.41, 5.74) is 15.5. The van der Waals surface area contributed by atoms with Crippen molar-refractivity contribution in [2.24, 2.45) is 0 Å². The number of hydrogen-bond donors (Lipinski definition) is 0. The first-order valence-corrected chi connectivity index (χ1v) is 30.4. The van der Waals surface area contributed by atoms with Crippen LogP contribution in [0.1, 0.15) is 151 Å². The number of pyridine rings is 4. The highest BCUT2D eigenvalue weighted by Crippen LogP contribution is 2.21. The Labute approximate surface area is 506 Å². The van der Waals surface area contributed by atoms with Crippen LogP contribution in [0.2, 0.25) is 0 Å². The Hall–Kier alpha value is -8.36. The van der Waals surface area contributed by atoms with Gasteiger partial charge in [0.25, 0.3) is 0 Å². The molecule has 8 heteroatoms. The predicted octanol–water partition coefficient (Wildman–Crippen LogP) is 22.1. The monoisotopic (exact) mass is 1120 g/mol. The van der Waals surface area contributed by atoms with Crippen molar-refractivity contribution in [3.05, 3.63) is 238 Å². The molecule has 0 saturated carbocycles. The van der Waals surface area contributed by atoms with Crippen LogP contribution in [0.4, 0.5) is 0 Å². The Balaban J connectivity index is 0.000000486. The molecular formula is C76H100N8. The maximum absolute atomic E-state index is 4.44. The number of hydrogen-bond acceptors (Lipinski definition) is 8. The van der Waals surface area contributed by atoms with Crippen LogP contribution in [0.3, 0.4) is 0 Å². The Kier molecular flexibility index (Phi) is 35.7.